The molecule has 2 unspecified atom stereocenters. The largest absolute Gasteiger partial charge is 0.358 e. The summed E-state index contributed by atoms with van der Waals surface area (Å²) >= 11 is 7.30. The van der Waals surface area contributed by atoms with Crippen molar-refractivity contribution in [2.45, 2.75) is 32.2 Å². The molecule has 1 aromatic heterocycles. The Morgan fingerprint density at radius 1 is 1.77 bits per heavy atom. The van der Waals surface area contributed by atoms with Crippen LogP contribution in [-0.2, 0) is 0 Å². The smallest absolute Gasteiger partial charge is 0.184 e. The monoisotopic (exact) mass is 216 g/mol. The lowest BCUT2D eigenvalue weighted by Crippen LogP contribution is -2.03. The van der Waals surface area contributed by atoms with E-state index in [1.54, 1.807) is 11.3 Å². The molecule has 2 rings (SSSR count). The fourth-order valence-corrected chi connectivity index (χ4v) is 2.49. The van der Waals surface area contributed by atoms with Gasteiger partial charge >= 0.3 is 0 Å². The Labute approximate surface area is 87.3 Å². The summed E-state index contributed by atoms with van der Waals surface area (Å²) in [6.07, 6.45) is 3.91. The van der Waals surface area contributed by atoms with Gasteiger partial charge in [-0.25, -0.2) is 4.98 Å². The molecular weight excluding hydrogens is 204 g/mol. The van der Waals surface area contributed by atoms with Crippen molar-refractivity contribution in [1.82, 2.24) is 4.98 Å². The second kappa shape index (κ2) is 3.84. The first-order valence-electron chi connectivity index (χ1n) is 4.67. The predicted octanol–water partition coefficient (Wildman–Crippen LogP) is 3.40. The second-order valence-electron chi connectivity index (χ2n) is 3.51. The van der Waals surface area contributed by atoms with Crippen molar-refractivity contribution in [2.75, 3.05) is 5.32 Å². The van der Waals surface area contributed by atoms with Gasteiger partial charge in [-0.1, -0.05) is 24.9 Å². The number of thiazole rings is 1. The summed E-state index contributed by atoms with van der Waals surface area (Å²) in [6.45, 7) is 2.23. The molecule has 0 saturated heterocycles. The van der Waals surface area contributed by atoms with E-state index in [2.05, 4.69) is 17.2 Å². The maximum atomic E-state index is 5.72. The maximum absolute atomic E-state index is 5.72. The number of nitrogens with zero attached hydrogens (tertiary/aromatic N) is 1. The van der Waals surface area contributed by atoms with Crippen molar-refractivity contribution < 1.29 is 0 Å². The van der Waals surface area contributed by atoms with E-state index in [-0.39, 0.29) is 0 Å². The molecule has 2 nitrogen and oxygen atoms in total. The Morgan fingerprint density at radius 2 is 2.62 bits per heavy atom. The predicted molar refractivity (Wildman–Crippen MR) is 57.5 cm³/mol. The second-order valence-corrected chi connectivity index (χ2v) is 4.76. The van der Waals surface area contributed by atoms with Crippen molar-refractivity contribution >= 4 is 28.1 Å². The van der Waals surface area contributed by atoms with Crippen molar-refractivity contribution in [3.05, 3.63) is 10.5 Å². The lowest BCUT2D eigenvalue weighted by atomic mass is 10.2. The third-order valence-corrected chi connectivity index (χ3v) is 3.46. The SMILES string of the molecule is CCCC1CC1Nc1nc(Cl)cs1. The summed E-state index contributed by atoms with van der Waals surface area (Å²) < 4.78 is 0. The van der Waals surface area contributed by atoms with Gasteiger partial charge in [0.25, 0.3) is 0 Å². The fourth-order valence-electron chi connectivity index (χ4n) is 1.59. The highest BCUT2D eigenvalue weighted by molar-refractivity contribution is 7.14. The zero-order valence-electron chi connectivity index (χ0n) is 7.59. The van der Waals surface area contributed by atoms with Gasteiger partial charge in [0.05, 0.1) is 0 Å². The normalized spacial score (nSPS) is 26.0. The third kappa shape index (κ3) is 2.35. The van der Waals surface area contributed by atoms with E-state index < -0.39 is 0 Å². The highest BCUT2D eigenvalue weighted by atomic mass is 35.5. The molecule has 0 amide bonds. The summed E-state index contributed by atoms with van der Waals surface area (Å²) in [5.74, 6) is 0.868. The number of halogens is 1. The number of rotatable bonds is 4. The Kier molecular flexibility index (Phi) is 2.74. The van der Waals surface area contributed by atoms with Gasteiger partial charge in [-0.3, -0.25) is 0 Å². The molecule has 72 valence electrons. The molecule has 13 heavy (non-hydrogen) atoms. The van der Waals surface area contributed by atoms with Crippen molar-refractivity contribution in [2.24, 2.45) is 5.92 Å². The van der Waals surface area contributed by atoms with Crippen LogP contribution in [0.2, 0.25) is 5.15 Å². The van der Waals surface area contributed by atoms with Gasteiger partial charge < -0.3 is 5.32 Å². The summed E-state index contributed by atoms with van der Waals surface area (Å²) in [5.41, 5.74) is 0. The van der Waals surface area contributed by atoms with Crippen LogP contribution in [0, 0.1) is 5.92 Å². The molecule has 0 aromatic carbocycles. The minimum atomic E-state index is 0.597. The molecule has 2 atom stereocenters. The average molecular weight is 217 g/mol. The third-order valence-electron chi connectivity index (χ3n) is 2.37. The Hall–Kier alpha value is -0.280. The van der Waals surface area contributed by atoms with Gasteiger partial charge in [0.1, 0.15) is 5.15 Å². The maximum Gasteiger partial charge on any atom is 0.184 e. The number of aromatic nitrogens is 1. The summed E-state index contributed by atoms with van der Waals surface area (Å²) in [6, 6.07) is 0.655. The molecule has 4 heteroatoms. The molecule has 0 bridgehead atoms. The minimum Gasteiger partial charge on any atom is -0.358 e. The molecule has 1 heterocycles. The van der Waals surface area contributed by atoms with Gasteiger partial charge in [0.15, 0.2) is 5.13 Å². The van der Waals surface area contributed by atoms with Gasteiger partial charge in [0.2, 0.25) is 0 Å². The van der Waals surface area contributed by atoms with Gasteiger partial charge in [0, 0.05) is 11.4 Å². The first-order valence-corrected chi connectivity index (χ1v) is 5.93. The average Bonchev–Trinajstić information content (AvgIpc) is 2.66. The molecule has 0 aliphatic heterocycles. The highest BCUT2D eigenvalue weighted by Gasteiger charge is 2.36. The Bertz CT molecular complexity index is 287. The van der Waals surface area contributed by atoms with E-state index in [0.717, 1.165) is 11.0 Å². The number of hydrogen-bond acceptors (Lipinski definition) is 3. The molecule has 1 aliphatic rings. The first-order chi connectivity index (χ1) is 6.29. The number of nitrogens with one attached hydrogen (secondary N) is 1. The van der Waals surface area contributed by atoms with Crippen LogP contribution >= 0.6 is 22.9 Å². The minimum absolute atomic E-state index is 0.597. The molecule has 0 radical (unpaired) electrons. The van der Waals surface area contributed by atoms with E-state index in [0.29, 0.717) is 11.2 Å². The van der Waals surface area contributed by atoms with Crippen LogP contribution in [0.15, 0.2) is 5.38 Å². The lowest BCUT2D eigenvalue weighted by Gasteiger charge is -1.99. The van der Waals surface area contributed by atoms with Crippen molar-refractivity contribution in [1.29, 1.82) is 0 Å². The molecular formula is C9H13ClN2S. The summed E-state index contributed by atoms with van der Waals surface area (Å²) in [4.78, 5) is 4.16. The van der Waals surface area contributed by atoms with E-state index in [1.165, 1.54) is 19.3 Å². The topological polar surface area (TPSA) is 24.9 Å². The van der Waals surface area contributed by atoms with Crippen LogP contribution in [0.3, 0.4) is 0 Å². The zero-order chi connectivity index (χ0) is 9.26. The van der Waals surface area contributed by atoms with Crippen LogP contribution in [0.1, 0.15) is 26.2 Å². The number of anilines is 1. The number of hydrogen-bond donors (Lipinski definition) is 1. The van der Waals surface area contributed by atoms with Gasteiger partial charge in [-0.05, 0) is 18.8 Å². The molecule has 1 aliphatic carbocycles. The summed E-state index contributed by atoms with van der Waals surface area (Å²) in [5, 5.41) is 6.82. The zero-order valence-corrected chi connectivity index (χ0v) is 9.16. The van der Waals surface area contributed by atoms with E-state index in [4.69, 9.17) is 11.6 Å². The van der Waals surface area contributed by atoms with Crippen molar-refractivity contribution in [3.63, 3.8) is 0 Å². The van der Waals surface area contributed by atoms with Crippen LogP contribution in [0.4, 0.5) is 5.13 Å². The van der Waals surface area contributed by atoms with Gasteiger partial charge in [-0.2, -0.15) is 0 Å². The van der Waals surface area contributed by atoms with Crippen LogP contribution in [-0.4, -0.2) is 11.0 Å². The fraction of sp³-hybridized carbons (Fsp3) is 0.667. The van der Waals surface area contributed by atoms with E-state index in [1.807, 2.05) is 5.38 Å². The Balaban J connectivity index is 1.81. The quantitative estimate of drug-likeness (QED) is 0.835. The molecule has 1 N–H and O–H groups in total. The molecule has 1 aromatic rings. The molecule has 0 spiro atoms. The standard InChI is InChI=1S/C9H13ClN2S/c1-2-3-6-4-7(6)11-9-12-8(10)5-13-9/h5-7H,2-4H2,1H3,(H,11,12). The van der Waals surface area contributed by atoms with E-state index in [9.17, 15) is 0 Å². The molecule has 1 fully saturated rings. The lowest BCUT2D eigenvalue weighted by molar-refractivity contribution is 0.692. The highest BCUT2D eigenvalue weighted by Crippen LogP contribution is 2.37. The summed E-state index contributed by atoms with van der Waals surface area (Å²) in [7, 11) is 0. The first kappa shape index (κ1) is 9.28. The van der Waals surface area contributed by atoms with Crippen LogP contribution < -0.4 is 5.32 Å². The van der Waals surface area contributed by atoms with Gasteiger partial charge in [-0.15, -0.1) is 11.3 Å². The van der Waals surface area contributed by atoms with Crippen LogP contribution in [0.5, 0.6) is 0 Å². The molecule has 1 saturated carbocycles. The van der Waals surface area contributed by atoms with E-state index >= 15 is 0 Å². The Morgan fingerprint density at radius 3 is 3.23 bits per heavy atom. The van der Waals surface area contributed by atoms with Crippen LogP contribution in [0.25, 0.3) is 0 Å². The van der Waals surface area contributed by atoms with Crippen molar-refractivity contribution in [3.8, 4) is 0 Å².